The van der Waals surface area contributed by atoms with Crippen LogP contribution in [0.15, 0.2) is 42.7 Å². The first kappa shape index (κ1) is 14.0. The van der Waals surface area contributed by atoms with Crippen molar-refractivity contribution in [3.05, 3.63) is 59.7 Å². The second-order valence-corrected chi connectivity index (χ2v) is 4.60. The SMILES string of the molecule is CN(Cc1cnn(C)c1)C(=O)/C=C/c1cccc(F)c1. The number of hydrogen-bond donors (Lipinski definition) is 0. The average Bonchev–Trinajstić information content (AvgIpc) is 2.81. The Kier molecular flexibility index (Phi) is 4.30. The summed E-state index contributed by atoms with van der Waals surface area (Å²) in [5.74, 6) is -0.457. The molecule has 4 nitrogen and oxygen atoms in total. The lowest BCUT2D eigenvalue weighted by molar-refractivity contribution is -0.125. The highest BCUT2D eigenvalue weighted by molar-refractivity contribution is 5.91. The van der Waals surface area contributed by atoms with Gasteiger partial charge in [0.2, 0.25) is 5.91 Å². The molecule has 1 heterocycles. The zero-order valence-corrected chi connectivity index (χ0v) is 11.5. The smallest absolute Gasteiger partial charge is 0.246 e. The third kappa shape index (κ3) is 3.78. The first-order valence-corrected chi connectivity index (χ1v) is 6.21. The van der Waals surface area contributed by atoms with Crippen molar-refractivity contribution in [2.45, 2.75) is 6.54 Å². The van der Waals surface area contributed by atoms with Gasteiger partial charge in [0.1, 0.15) is 5.82 Å². The molecule has 0 fully saturated rings. The summed E-state index contributed by atoms with van der Waals surface area (Å²) in [6.07, 6.45) is 6.62. The molecule has 104 valence electrons. The van der Waals surface area contributed by atoms with Gasteiger partial charge < -0.3 is 4.90 Å². The van der Waals surface area contributed by atoms with Crippen LogP contribution in [0.3, 0.4) is 0 Å². The summed E-state index contributed by atoms with van der Waals surface area (Å²) in [7, 11) is 3.54. The summed E-state index contributed by atoms with van der Waals surface area (Å²) in [6, 6.07) is 6.10. The molecule has 0 aliphatic rings. The topological polar surface area (TPSA) is 38.1 Å². The van der Waals surface area contributed by atoms with Crippen LogP contribution in [-0.2, 0) is 18.4 Å². The highest BCUT2D eigenvalue weighted by atomic mass is 19.1. The standard InChI is InChI=1S/C15H16FN3O/c1-18(10-13-9-17-19(2)11-13)15(20)7-6-12-4-3-5-14(16)8-12/h3-9,11H,10H2,1-2H3/b7-6+. The summed E-state index contributed by atoms with van der Waals surface area (Å²) in [4.78, 5) is 13.5. The second kappa shape index (κ2) is 6.14. The number of benzene rings is 1. The first-order valence-electron chi connectivity index (χ1n) is 6.21. The first-order chi connectivity index (χ1) is 9.54. The van der Waals surface area contributed by atoms with Crippen molar-refractivity contribution < 1.29 is 9.18 Å². The molecule has 0 N–H and O–H groups in total. The van der Waals surface area contributed by atoms with E-state index in [-0.39, 0.29) is 11.7 Å². The number of carbonyl (C=O) groups is 1. The molecule has 0 spiro atoms. The van der Waals surface area contributed by atoms with Crippen molar-refractivity contribution in [3.8, 4) is 0 Å². The number of amides is 1. The quantitative estimate of drug-likeness (QED) is 0.801. The van der Waals surface area contributed by atoms with Crippen LogP contribution in [0.4, 0.5) is 4.39 Å². The normalized spacial score (nSPS) is 10.9. The Labute approximate surface area is 117 Å². The van der Waals surface area contributed by atoms with Gasteiger partial charge in [-0.2, -0.15) is 5.10 Å². The largest absolute Gasteiger partial charge is 0.338 e. The lowest BCUT2D eigenvalue weighted by Gasteiger charge is -2.13. The molecule has 0 saturated heterocycles. The van der Waals surface area contributed by atoms with Crippen LogP contribution in [0.2, 0.25) is 0 Å². The average molecular weight is 273 g/mol. The van der Waals surface area contributed by atoms with E-state index in [2.05, 4.69) is 5.10 Å². The van der Waals surface area contributed by atoms with Crippen LogP contribution in [0.1, 0.15) is 11.1 Å². The van der Waals surface area contributed by atoms with Gasteiger partial charge in [0, 0.05) is 38.5 Å². The predicted molar refractivity (Wildman–Crippen MR) is 75.1 cm³/mol. The van der Waals surface area contributed by atoms with Crippen LogP contribution in [0.25, 0.3) is 6.08 Å². The molecule has 1 aromatic heterocycles. The minimum Gasteiger partial charge on any atom is -0.338 e. The van der Waals surface area contributed by atoms with Gasteiger partial charge in [0.05, 0.1) is 6.20 Å². The molecular formula is C15H16FN3O. The second-order valence-electron chi connectivity index (χ2n) is 4.60. The lowest BCUT2D eigenvalue weighted by Crippen LogP contribution is -2.23. The van der Waals surface area contributed by atoms with Crippen LogP contribution >= 0.6 is 0 Å². The van der Waals surface area contributed by atoms with Gasteiger partial charge in [-0.25, -0.2) is 4.39 Å². The summed E-state index contributed by atoms with van der Waals surface area (Å²) >= 11 is 0. The van der Waals surface area contributed by atoms with Crippen LogP contribution in [0.5, 0.6) is 0 Å². The fourth-order valence-electron chi connectivity index (χ4n) is 1.81. The Morgan fingerprint density at radius 2 is 2.30 bits per heavy atom. The monoisotopic (exact) mass is 273 g/mol. The van der Waals surface area contributed by atoms with Crippen molar-refractivity contribution in [2.24, 2.45) is 7.05 Å². The highest BCUT2D eigenvalue weighted by Gasteiger charge is 2.06. The molecule has 0 aliphatic heterocycles. The van der Waals surface area contributed by atoms with Gasteiger partial charge in [-0.15, -0.1) is 0 Å². The molecule has 0 saturated carbocycles. The van der Waals surface area contributed by atoms with E-state index in [9.17, 15) is 9.18 Å². The molecule has 0 atom stereocenters. The van der Waals surface area contributed by atoms with Crippen molar-refractivity contribution >= 4 is 12.0 Å². The third-order valence-electron chi connectivity index (χ3n) is 2.82. The number of nitrogens with zero attached hydrogens (tertiary/aromatic N) is 3. The molecule has 20 heavy (non-hydrogen) atoms. The van der Waals surface area contributed by atoms with E-state index < -0.39 is 0 Å². The number of likely N-dealkylation sites (N-methyl/N-ethyl adjacent to an activating group) is 1. The van der Waals surface area contributed by atoms with Crippen LogP contribution in [0, 0.1) is 5.82 Å². The molecular weight excluding hydrogens is 257 g/mol. The van der Waals surface area contributed by atoms with Crippen molar-refractivity contribution in [2.75, 3.05) is 7.05 Å². The summed E-state index contributed by atoms with van der Waals surface area (Å²) in [5, 5.41) is 4.05. The number of rotatable bonds is 4. The molecule has 0 aliphatic carbocycles. The van der Waals surface area contributed by atoms with Gasteiger partial charge in [-0.3, -0.25) is 9.48 Å². The third-order valence-corrected chi connectivity index (χ3v) is 2.82. The Bertz CT molecular complexity index is 634. The van der Waals surface area contributed by atoms with E-state index in [1.54, 1.807) is 41.0 Å². The van der Waals surface area contributed by atoms with Crippen molar-refractivity contribution in [1.82, 2.24) is 14.7 Å². The van der Waals surface area contributed by atoms with Crippen molar-refractivity contribution in [3.63, 3.8) is 0 Å². The Morgan fingerprint density at radius 1 is 1.50 bits per heavy atom. The summed E-state index contributed by atoms with van der Waals surface area (Å²) in [6.45, 7) is 0.486. The predicted octanol–water partition coefficient (Wildman–Crippen LogP) is 2.23. The minimum absolute atomic E-state index is 0.141. The molecule has 0 bridgehead atoms. The molecule has 1 aromatic carbocycles. The molecule has 2 aromatic rings. The lowest BCUT2D eigenvalue weighted by atomic mass is 10.2. The minimum atomic E-state index is -0.316. The number of halogens is 1. The molecule has 1 amide bonds. The summed E-state index contributed by atoms with van der Waals surface area (Å²) in [5.41, 5.74) is 1.62. The number of aromatic nitrogens is 2. The molecule has 2 rings (SSSR count). The van der Waals surface area contributed by atoms with Gasteiger partial charge >= 0.3 is 0 Å². The number of carbonyl (C=O) groups excluding carboxylic acids is 1. The maximum absolute atomic E-state index is 13.0. The molecule has 0 radical (unpaired) electrons. The van der Waals surface area contributed by atoms with E-state index in [4.69, 9.17) is 0 Å². The highest BCUT2D eigenvalue weighted by Crippen LogP contribution is 2.07. The Balaban J connectivity index is 1.97. The fraction of sp³-hybridized carbons (Fsp3) is 0.200. The molecule has 5 heteroatoms. The number of hydrogen-bond acceptors (Lipinski definition) is 2. The van der Waals surface area contributed by atoms with Gasteiger partial charge in [-0.1, -0.05) is 12.1 Å². The summed E-state index contributed by atoms with van der Waals surface area (Å²) < 4.78 is 14.7. The zero-order valence-electron chi connectivity index (χ0n) is 11.5. The van der Waals surface area contributed by atoms with E-state index in [1.807, 2.05) is 13.2 Å². The number of aryl methyl sites for hydroxylation is 1. The maximum atomic E-state index is 13.0. The van der Waals surface area contributed by atoms with E-state index in [0.717, 1.165) is 5.56 Å². The maximum Gasteiger partial charge on any atom is 0.246 e. The fourth-order valence-corrected chi connectivity index (χ4v) is 1.81. The van der Waals surface area contributed by atoms with Gasteiger partial charge in [-0.05, 0) is 23.8 Å². The Morgan fingerprint density at radius 3 is 2.95 bits per heavy atom. The van der Waals surface area contributed by atoms with Crippen LogP contribution < -0.4 is 0 Å². The van der Waals surface area contributed by atoms with Crippen molar-refractivity contribution in [1.29, 1.82) is 0 Å². The van der Waals surface area contributed by atoms with Gasteiger partial charge in [0.25, 0.3) is 0 Å². The van der Waals surface area contributed by atoms with E-state index >= 15 is 0 Å². The van der Waals surface area contributed by atoms with E-state index in [1.165, 1.54) is 18.2 Å². The molecule has 0 unspecified atom stereocenters. The van der Waals surface area contributed by atoms with Crippen LogP contribution in [-0.4, -0.2) is 27.6 Å². The van der Waals surface area contributed by atoms with Gasteiger partial charge in [0.15, 0.2) is 0 Å². The Hall–Kier alpha value is -2.43. The zero-order chi connectivity index (χ0) is 14.5. The van der Waals surface area contributed by atoms with E-state index in [0.29, 0.717) is 12.1 Å².